The lowest BCUT2D eigenvalue weighted by molar-refractivity contribution is 0.132. The van der Waals surface area contributed by atoms with E-state index in [1.807, 2.05) is 24.3 Å². The quantitative estimate of drug-likeness (QED) is 0.508. The molecule has 4 nitrogen and oxygen atoms in total. The van der Waals surface area contributed by atoms with Crippen molar-refractivity contribution in [3.05, 3.63) is 94.5 Å². The number of nitrogens with zero attached hydrogens (tertiary/aromatic N) is 2. The second-order valence-electron chi connectivity index (χ2n) is 7.90. The van der Waals surface area contributed by atoms with Gasteiger partial charge in [-0.2, -0.15) is 0 Å². The molecule has 0 spiro atoms. The first kappa shape index (κ1) is 20.5. The Morgan fingerprint density at radius 2 is 1.70 bits per heavy atom. The summed E-state index contributed by atoms with van der Waals surface area (Å²) < 4.78 is 5.56. The molecular formula is C25H25ClN2O2. The van der Waals surface area contributed by atoms with Crippen LogP contribution in [0.5, 0.6) is 0 Å². The highest BCUT2D eigenvalue weighted by molar-refractivity contribution is 6.30. The minimum Gasteiger partial charge on any atom is -0.439 e. The van der Waals surface area contributed by atoms with Gasteiger partial charge in [0.05, 0.1) is 6.54 Å². The van der Waals surface area contributed by atoms with Gasteiger partial charge in [0.2, 0.25) is 0 Å². The van der Waals surface area contributed by atoms with Crippen molar-refractivity contribution in [2.45, 2.75) is 19.2 Å². The van der Waals surface area contributed by atoms with Gasteiger partial charge in [0, 0.05) is 18.1 Å². The highest BCUT2D eigenvalue weighted by Crippen LogP contribution is 2.29. The van der Waals surface area contributed by atoms with Crippen molar-refractivity contribution in [1.82, 2.24) is 9.80 Å². The molecule has 0 N–H and O–H groups in total. The lowest BCUT2D eigenvalue weighted by Gasteiger charge is -2.16. The normalized spacial score (nSPS) is 16.2. The Balaban J connectivity index is 1.45. The first-order chi connectivity index (χ1) is 14.5. The molecular weight excluding hydrogens is 396 g/mol. The predicted octanol–water partition coefficient (Wildman–Crippen LogP) is 5.76. The fraction of sp³-hybridized carbons (Fsp3) is 0.240. The van der Waals surface area contributed by atoms with E-state index in [0.717, 1.165) is 17.7 Å². The topological polar surface area (TPSA) is 32.8 Å². The summed E-state index contributed by atoms with van der Waals surface area (Å²) >= 11 is 5.95. The largest absolute Gasteiger partial charge is 0.439 e. The summed E-state index contributed by atoms with van der Waals surface area (Å²) in [5.41, 5.74) is 5.75. The van der Waals surface area contributed by atoms with E-state index < -0.39 is 0 Å². The Morgan fingerprint density at radius 1 is 1.00 bits per heavy atom. The molecule has 0 saturated carbocycles. The summed E-state index contributed by atoms with van der Waals surface area (Å²) in [4.78, 5) is 16.3. The molecule has 0 aromatic heterocycles. The molecule has 3 aromatic carbocycles. The van der Waals surface area contributed by atoms with Gasteiger partial charge in [-0.05, 0) is 54.0 Å². The number of rotatable bonds is 6. The van der Waals surface area contributed by atoms with Crippen molar-refractivity contribution in [3.8, 4) is 11.1 Å². The Hall–Kier alpha value is -2.82. The third-order valence-corrected chi connectivity index (χ3v) is 5.52. The average Bonchev–Trinajstić information content (AvgIpc) is 3.09. The van der Waals surface area contributed by atoms with E-state index in [2.05, 4.69) is 67.5 Å². The number of ether oxygens (including phenoxy) is 1. The van der Waals surface area contributed by atoms with Crippen LogP contribution in [0.15, 0.2) is 72.8 Å². The number of halogens is 1. The maximum Gasteiger partial charge on any atom is 0.410 e. The van der Waals surface area contributed by atoms with E-state index in [0.29, 0.717) is 18.1 Å². The average molecular weight is 421 g/mol. The van der Waals surface area contributed by atoms with E-state index in [1.165, 1.54) is 16.7 Å². The van der Waals surface area contributed by atoms with Crippen LogP contribution in [-0.2, 0) is 17.8 Å². The highest BCUT2D eigenvalue weighted by Gasteiger charge is 2.32. The van der Waals surface area contributed by atoms with Gasteiger partial charge in [-0.1, -0.05) is 72.3 Å². The zero-order valence-corrected chi connectivity index (χ0v) is 18.0. The lowest BCUT2D eigenvalue weighted by Crippen LogP contribution is -2.23. The number of carbonyl (C=O) groups is 1. The molecule has 5 heteroatoms. The minimum absolute atomic E-state index is 0.257. The number of cyclic esters (lactones) is 1. The van der Waals surface area contributed by atoms with Crippen LogP contribution < -0.4 is 0 Å². The lowest BCUT2D eigenvalue weighted by atomic mass is 9.98. The molecule has 30 heavy (non-hydrogen) atoms. The maximum absolute atomic E-state index is 12.3. The van der Waals surface area contributed by atoms with Crippen LogP contribution in [0.25, 0.3) is 11.1 Å². The maximum atomic E-state index is 12.3. The Kier molecular flexibility index (Phi) is 6.07. The van der Waals surface area contributed by atoms with E-state index in [1.54, 1.807) is 4.90 Å². The molecule has 0 radical (unpaired) electrons. The van der Waals surface area contributed by atoms with Crippen LogP contribution in [-0.4, -0.2) is 36.5 Å². The highest BCUT2D eigenvalue weighted by atomic mass is 35.5. The van der Waals surface area contributed by atoms with Gasteiger partial charge >= 0.3 is 6.09 Å². The number of benzene rings is 3. The van der Waals surface area contributed by atoms with Crippen LogP contribution in [0.2, 0.25) is 5.02 Å². The molecule has 1 atom stereocenters. The van der Waals surface area contributed by atoms with Gasteiger partial charge in [0.1, 0.15) is 6.10 Å². The summed E-state index contributed by atoms with van der Waals surface area (Å²) in [6.45, 7) is 1.96. The molecule has 0 aliphatic carbocycles. The van der Waals surface area contributed by atoms with Crippen molar-refractivity contribution in [2.75, 3.05) is 20.6 Å². The number of hydrogen-bond donors (Lipinski definition) is 0. The standard InChI is InChI=1S/C25H25ClN2O2/c1-27(2)16-21-5-3-4-6-23(21)19-9-7-18(8-10-19)15-28-17-24(30-25(28)29)20-11-13-22(26)14-12-20/h3-14,24H,15-17H2,1-2H3. The van der Waals surface area contributed by atoms with E-state index in [4.69, 9.17) is 16.3 Å². The van der Waals surface area contributed by atoms with Crippen molar-refractivity contribution < 1.29 is 9.53 Å². The number of hydrogen-bond acceptors (Lipinski definition) is 3. The molecule has 1 heterocycles. The van der Waals surface area contributed by atoms with Crippen molar-refractivity contribution in [1.29, 1.82) is 0 Å². The number of carbonyl (C=O) groups excluding carboxylic acids is 1. The predicted molar refractivity (Wildman–Crippen MR) is 120 cm³/mol. The summed E-state index contributed by atoms with van der Waals surface area (Å²) in [5, 5.41) is 0.673. The van der Waals surface area contributed by atoms with E-state index in [9.17, 15) is 4.79 Å². The van der Waals surface area contributed by atoms with Crippen molar-refractivity contribution in [3.63, 3.8) is 0 Å². The minimum atomic E-state index is -0.282. The molecule has 1 fully saturated rings. The Morgan fingerprint density at radius 3 is 2.40 bits per heavy atom. The first-order valence-corrected chi connectivity index (χ1v) is 10.4. The van der Waals surface area contributed by atoms with Crippen LogP contribution in [0, 0.1) is 0 Å². The van der Waals surface area contributed by atoms with Gasteiger partial charge in [0.25, 0.3) is 0 Å². The van der Waals surface area contributed by atoms with Crippen molar-refractivity contribution in [2.24, 2.45) is 0 Å². The molecule has 1 aliphatic rings. The Bertz CT molecular complexity index is 1020. The summed E-state index contributed by atoms with van der Waals surface area (Å²) in [6.07, 6.45) is -0.540. The second-order valence-corrected chi connectivity index (χ2v) is 8.33. The molecule has 3 aromatic rings. The summed E-state index contributed by atoms with van der Waals surface area (Å²) in [7, 11) is 4.15. The third kappa shape index (κ3) is 4.66. The molecule has 154 valence electrons. The molecule has 4 rings (SSSR count). The van der Waals surface area contributed by atoms with Gasteiger partial charge in [0.15, 0.2) is 0 Å². The zero-order chi connectivity index (χ0) is 21.1. The Labute approximate surface area is 182 Å². The fourth-order valence-electron chi connectivity index (χ4n) is 3.78. The van der Waals surface area contributed by atoms with Crippen LogP contribution in [0.4, 0.5) is 4.79 Å². The molecule has 0 bridgehead atoms. The second kappa shape index (κ2) is 8.90. The fourth-order valence-corrected chi connectivity index (χ4v) is 3.90. The van der Waals surface area contributed by atoms with Crippen LogP contribution >= 0.6 is 11.6 Å². The molecule has 1 unspecified atom stereocenters. The summed E-state index contributed by atoms with van der Waals surface area (Å²) in [6, 6.07) is 24.3. The van der Waals surface area contributed by atoms with Gasteiger partial charge in [-0.25, -0.2) is 4.79 Å². The van der Waals surface area contributed by atoms with Crippen LogP contribution in [0.3, 0.4) is 0 Å². The summed E-state index contributed by atoms with van der Waals surface area (Å²) in [5.74, 6) is 0. The smallest absolute Gasteiger partial charge is 0.410 e. The van der Waals surface area contributed by atoms with Crippen molar-refractivity contribution >= 4 is 17.7 Å². The molecule has 1 saturated heterocycles. The molecule has 1 aliphatic heterocycles. The third-order valence-electron chi connectivity index (χ3n) is 5.27. The number of amides is 1. The first-order valence-electron chi connectivity index (χ1n) is 10.0. The zero-order valence-electron chi connectivity index (χ0n) is 17.2. The van der Waals surface area contributed by atoms with Crippen LogP contribution in [0.1, 0.15) is 22.8 Å². The van der Waals surface area contributed by atoms with Gasteiger partial charge in [-0.15, -0.1) is 0 Å². The molecule has 1 amide bonds. The van der Waals surface area contributed by atoms with Gasteiger partial charge in [-0.3, -0.25) is 4.90 Å². The van der Waals surface area contributed by atoms with Gasteiger partial charge < -0.3 is 9.64 Å². The van der Waals surface area contributed by atoms with E-state index in [-0.39, 0.29) is 12.2 Å². The monoisotopic (exact) mass is 420 g/mol. The SMILES string of the molecule is CN(C)Cc1ccccc1-c1ccc(CN2CC(c3ccc(Cl)cc3)OC2=O)cc1. The van der Waals surface area contributed by atoms with E-state index >= 15 is 0 Å².